The summed E-state index contributed by atoms with van der Waals surface area (Å²) in [5.74, 6) is 0.104. The minimum atomic E-state index is -0.553. The fourth-order valence-electron chi connectivity index (χ4n) is 3.37. The maximum Gasteiger partial charge on any atom is 0.323 e. The second-order valence-corrected chi connectivity index (χ2v) is 8.89. The van der Waals surface area contributed by atoms with Crippen LogP contribution in [0.4, 0.5) is 5.69 Å². The number of carbonyl (C=O) groups excluding carboxylic acids is 1. The lowest BCUT2D eigenvalue weighted by molar-refractivity contribution is -0.386. The van der Waals surface area contributed by atoms with Crippen LogP contribution < -0.4 is 4.74 Å². The molecule has 0 atom stereocenters. The highest BCUT2D eigenvalue weighted by Crippen LogP contribution is 2.35. The van der Waals surface area contributed by atoms with Gasteiger partial charge in [0, 0.05) is 29.8 Å². The van der Waals surface area contributed by atoms with Crippen LogP contribution in [0.3, 0.4) is 0 Å². The zero-order valence-electron chi connectivity index (χ0n) is 16.6. The van der Waals surface area contributed by atoms with Gasteiger partial charge in [-0.25, -0.2) is 4.98 Å². The molecule has 1 saturated heterocycles. The van der Waals surface area contributed by atoms with Crippen molar-refractivity contribution < 1.29 is 14.5 Å². The topological polar surface area (TPSA) is 85.6 Å². The molecule has 1 fully saturated rings. The van der Waals surface area contributed by atoms with E-state index in [0.717, 1.165) is 23.5 Å². The Bertz CT molecular complexity index is 880. The lowest BCUT2D eigenvalue weighted by Gasteiger charge is -2.31. The van der Waals surface area contributed by atoms with Crippen LogP contribution in [0.5, 0.6) is 5.75 Å². The van der Waals surface area contributed by atoms with Crippen molar-refractivity contribution in [2.75, 3.05) is 20.2 Å². The van der Waals surface area contributed by atoms with E-state index in [1.54, 1.807) is 22.3 Å². The highest BCUT2D eigenvalue weighted by Gasteiger charge is 2.32. The van der Waals surface area contributed by atoms with Crippen LogP contribution in [-0.2, 0) is 5.41 Å². The number of thiazole rings is 1. The van der Waals surface area contributed by atoms with E-state index in [-0.39, 0.29) is 28.3 Å². The summed E-state index contributed by atoms with van der Waals surface area (Å²) in [5.41, 5.74) is 0.924. The first-order valence-electron chi connectivity index (χ1n) is 9.29. The number of benzene rings is 1. The van der Waals surface area contributed by atoms with Gasteiger partial charge >= 0.3 is 5.69 Å². The molecule has 28 heavy (non-hydrogen) atoms. The summed E-state index contributed by atoms with van der Waals surface area (Å²) in [6.07, 6.45) is 1.61. The van der Waals surface area contributed by atoms with Crippen LogP contribution in [0.1, 0.15) is 60.6 Å². The van der Waals surface area contributed by atoms with Crippen LogP contribution in [0.15, 0.2) is 23.6 Å². The number of nitro groups is 1. The third-order valence-electron chi connectivity index (χ3n) is 5.05. The molecule has 150 valence electrons. The molecule has 1 amide bonds. The number of carbonyl (C=O) groups is 1. The molecule has 0 spiro atoms. The normalized spacial score (nSPS) is 15.5. The number of ether oxygens (including phenoxy) is 1. The van der Waals surface area contributed by atoms with E-state index in [1.165, 1.54) is 19.2 Å². The Morgan fingerprint density at radius 3 is 2.54 bits per heavy atom. The van der Waals surface area contributed by atoms with Crippen LogP contribution >= 0.6 is 11.3 Å². The quantitative estimate of drug-likeness (QED) is 0.559. The molecular formula is C20H25N3O4S. The highest BCUT2D eigenvalue weighted by atomic mass is 32.1. The van der Waals surface area contributed by atoms with Gasteiger partial charge in [-0.2, -0.15) is 0 Å². The molecule has 8 heteroatoms. The zero-order chi connectivity index (χ0) is 20.5. The van der Waals surface area contributed by atoms with Gasteiger partial charge in [0.05, 0.1) is 22.7 Å². The predicted octanol–water partition coefficient (Wildman–Crippen LogP) is 4.38. The molecule has 1 aliphatic rings. The van der Waals surface area contributed by atoms with Gasteiger partial charge in [-0.15, -0.1) is 11.3 Å². The van der Waals surface area contributed by atoms with Crippen molar-refractivity contribution in [3.63, 3.8) is 0 Å². The molecule has 7 nitrogen and oxygen atoms in total. The average molecular weight is 404 g/mol. The van der Waals surface area contributed by atoms with E-state index in [9.17, 15) is 14.9 Å². The summed E-state index contributed by atoms with van der Waals surface area (Å²) in [7, 11) is 1.36. The Labute approximate surface area is 168 Å². The van der Waals surface area contributed by atoms with E-state index in [1.807, 2.05) is 0 Å². The largest absolute Gasteiger partial charge is 0.490 e. The molecule has 2 aromatic rings. The Hall–Kier alpha value is -2.48. The molecule has 0 N–H and O–H groups in total. The van der Waals surface area contributed by atoms with E-state index in [0.29, 0.717) is 19.0 Å². The molecule has 1 aliphatic heterocycles. The standard InChI is InChI=1S/C20H25N3O4S/c1-20(2,3)16-12-28-18(21-16)13-8-10-22(11-9-13)19(24)14-6-5-7-15(27-4)17(14)23(25)26/h5-7,12-13H,8-11H2,1-4H3. The minimum Gasteiger partial charge on any atom is -0.490 e. The van der Waals surface area contributed by atoms with Gasteiger partial charge in [0.2, 0.25) is 0 Å². The lowest BCUT2D eigenvalue weighted by atomic mass is 9.93. The molecule has 0 aliphatic carbocycles. The second kappa shape index (κ2) is 7.87. The van der Waals surface area contributed by atoms with Crippen molar-refractivity contribution in [1.29, 1.82) is 0 Å². The Morgan fingerprint density at radius 1 is 1.32 bits per heavy atom. The number of methoxy groups -OCH3 is 1. The number of hydrogen-bond acceptors (Lipinski definition) is 6. The van der Waals surface area contributed by atoms with E-state index in [2.05, 4.69) is 26.2 Å². The third-order valence-corrected chi connectivity index (χ3v) is 6.06. The fourth-order valence-corrected chi connectivity index (χ4v) is 4.59. The minimum absolute atomic E-state index is 0.0245. The van der Waals surface area contributed by atoms with Crippen LogP contribution in [0, 0.1) is 10.1 Å². The summed E-state index contributed by atoms with van der Waals surface area (Å²) in [6, 6.07) is 4.59. The van der Waals surface area contributed by atoms with Gasteiger partial charge < -0.3 is 9.64 Å². The Morgan fingerprint density at radius 2 is 2.00 bits per heavy atom. The molecule has 0 saturated carbocycles. The van der Waals surface area contributed by atoms with Crippen molar-refractivity contribution in [2.45, 2.75) is 44.9 Å². The van der Waals surface area contributed by atoms with Gasteiger partial charge in [0.25, 0.3) is 5.91 Å². The van der Waals surface area contributed by atoms with Crippen LogP contribution in [0.25, 0.3) is 0 Å². The number of nitro benzene ring substituents is 1. The van der Waals surface area contributed by atoms with Gasteiger partial charge in [-0.3, -0.25) is 14.9 Å². The van der Waals surface area contributed by atoms with Crippen molar-refractivity contribution in [3.05, 3.63) is 50.0 Å². The number of amides is 1. The zero-order valence-corrected chi connectivity index (χ0v) is 17.4. The molecular weight excluding hydrogens is 378 g/mol. The van der Waals surface area contributed by atoms with Crippen LogP contribution in [-0.4, -0.2) is 40.9 Å². The van der Waals surface area contributed by atoms with E-state index in [4.69, 9.17) is 9.72 Å². The fraction of sp³-hybridized carbons (Fsp3) is 0.500. The van der Waals surface area contributed by atoms with Crippen LogP contribution in [0.2, 0.25) is 0 Å². The van der Waals surface area contributed by atoms with Crippen molar-refractivity contribution in [1.82, 2.24) is 9.88 Å². The highest BCUT2D eigenvalue weighted by molar-refractivity contribution is 7.09. The third kappa shape index (κ3) is 4.01. The molecule has 0 radical (unpaired) electrons. The summed E-state index contributed by atoms with van der Waals surface area (Å²) >= 11 is 1.68. The first-order chi connectivity index (χ1) is 13.2. The van der Waals surface area contributed by atoms with Crippen molar-refractivity contribution in [3.8, 4) is 5.75 Å². The Kier molecular flexibility index (Phi) is 5.69. The number of aromatic nitrogens is 1. The lowest BCUT2D eigenvalue weighted by Crippen LogP contribution is -2.38. The van der Waals surface area contributed by atoms with Crippen molar-refractivity contribution in [2.24, 2.45) is 0 Å². The maximum atomic E-state index is 12.9. The number of hydrogen-bond donors (Lipinski definition) is 0. The number of piperidine rings is 1. The Balaban J connectivity index is 1.73. The van der Waals surface area contributed by atoms with Crippen molar-refractivity contribution >= 4 is 22.9 Å². The number of para-hydroxylation sites is 1. The molecule has 1 aromatic carbocycles. The number of nitrogens with zero attached hydrogens (tertiary/aromatic N) is 3. The summed E-state index contributed by atoms with van der Waals surface area (Å²) < 4.78 is 5.07. The molecule has 2 heterocycles. The predicted molar refractivity (Wildman–Crippen MR) is 108 cm³/mol. The molecule has 0 unspecified atom stereocenters. The number of rotatable bonds is 4. The molecule has 1 aromatic heterocycles. The second-order valence-electron chi connectivity index (χ2n) is 8.00. The van der Waals surface area contributed by atoms with Gasteiger partial charge in [0.1, 0.15) is 5.56 Å². The first-order valence-corrected chi connectivity index (χ1v) is 10.2. The monoisotopic (exact) mass is 403 g/mol. The average Bonchev–Trinajstić information content (AvgIpc) is 3.17. The molecule has 3 rings (SSSR count). The van der Waals surface area contributed by atoms with E-state index < -0.39 is 4.92 Å². The summed E-state index contributed by atoms with van der Waals surface area (Å²) in [6.45, 7) is 7.56. The van der Waals surface area contributed by atoms with Gasteiger partial charge in [-0.05, 0) is 25.0 Å². The molecule has 0 bridgehead atoms. The summed E-state index contributed by atoms with van der Waals surface area (Å²) in [5, 5.41) is 14.7. The smallest absolute Gasteiger partial charge is 0.323 e. The van der Waals surface area contributed by atoms with Gasteiger partial charge in [0.15, 0.2) is 5.75 Å². The maximum absolute atomic E-state index is 12.9. The SMILES string of the molecule is COc1cccc(C(=O)N2CCC(c3nc(C(C)(C)C)cs3)CC2)c1[N+](=O)[O-]. The summed E-state index contributed by atoms with van der Waals surface area (Å²) in [4.78, 5) is 30.3. The first kappa shape index (κ1) is 20.3. The number of likely N-dealkylation sites (tertiary alicyclic amines) is 1. The van der Waals surface area contributed by atoms with Gasteiger partial charge in [-0.1, -0.05) is 26.8 Å². The van der Waals surface area contributed by atoms with E-state index >= 15 is 0 Å².